The third kappa shape index (κ3) is 3.37. The van der Waals surface area contributed by atoms with Gasteiger partial charge in [0, 0.05) is 0 Å². The van der Waals surface area contributed by atoms with Crippen molar-refractivity contribution in [3.8, 4) is 5.75 Å². The fraction of sp³-hybridized carbons (Fsp3) is 0.333. The Morgan fingerprint density at radius 1 is 0.842 bits per heavy atom. The summed E-state index contributed by atoms with van der Waals surface area (Å²) in [6.45, 7) is 6.71. The van der Waals surface area contributed by atoms with Gasteiger partial charge in [0.15, 0.2) is 0 Å². The summed E-state index contributed by atoms with van der Waals surface area (Å²) in [4.78, 5) is 0. The molecule has 2 aromatic carbocycles. The zero-order valence-electron chi connectivity index (χ0n) is 12.0. The minimum atomic E-state index is 0.100. The second kappa shape index (κ2) is 5.48. The molecule has 0 unspecified atom stereocenters. The Morgan fingerprint density at radius 2 is 1.37 bits per heavy atom. The molecule has 100 valence electrons. The van der Waals surface area contributed by atoms with E-state index in [2.05, 4.69) is 45.0 Å². The molecule has 0 aliphatic carbocycles. The maximum Gasteiger partial charge on any atom is 0.115 e. The van der Waals surface area contributed by atoms with Crippen molar-refractivity contribution in [1.29, 1.82) is 0 Å². The average Bonchev–Trinajstić information content (AvgIpc) is 2.41. The predicted octanol–water partition coefficient (Wildman–Crippen LogP) is 4.47. The lowest BCUT2D eigenvalue weighted by molar-refractivity contribution is 0.474. The molecule has 1 nitrogen and oxygen atoms in total. The third-order valence-electron chi connectivity index (χ3n) is 3.73. The lowest BCUT2D eigenvalue weighted by Gasteiger charge is -2.25. The molecular weight excluding hydrogens is 232 g/mol. The Hall–Kier alpha value is -1.76. The normalized spacial score (nSPS) is 11.5. The van der Waals surface area contributed by atoms with Gasteiger partial charge in [0.05, 0.1) is 0 Å². The summed E-state index contributed by atoms with van der Waals surface area (Å²) in [5, 5.41) is 9.33. The van der Waals surface area contributed by atoms with Crippen LogP contribution in [0.15, 0.2) is 48.5 Å². The number of hydrogen-bond donors (Lipinski definition) is 1. The molecule has 1 heteroatoms. The highest BCUT2D eigenvalue weighted by Gasteiger charge is 2.20. The summed E-state index contributed by atoms with van der Waals surface area (Å²) >= 11 is 0. The van der Waals surface area contributed by atoms with Gasteiger partial charge in [-0.25, -0.2) is 0 Å². The number of phenols is 1. The van der Waals surface area contributed by atoms with E-state index in [0.29, 0.717) is 5.75 Å². The Kier molecular flexibility index (Phi) is 3.94. The summed E-state index contributed by atoms with van der Waals surface area (Å²) in [6, 6.07) is 16.4. The molecule has 0 amide bonds. The average molecular weight is 254 g/mol. The summed E-state index contributed by atoms with van der Waals surface area (Å²) in [6.07, 6.45) is 2.05. The van der Waals surface area contributed by atoms with Gasteiger partial charge in [-0.2, -0.15) is 0 Å². The van der Waals surface area contributed by atoms with Crippen molar-refractivity contribution >= 4 is 0 Å². The largest absolute Gasteiger partial charge is 0.508 e. The molecule has 0 aromatic heterocycles. The van der Waals surface area contributed by atoms with Crippen LogP contribution in [0, 0.1) is 0 Å². The molecule has 19 heavy (non-hydrogen) atoms. The lowest BCUT2D eigenvalue weighted by atomic mass is 9.79. The minimum absolute atomic E-state index is 0.100. The van der Waals surface area contributed by atoms with E-state index >= 15 is 0 Å². The molecule has 2 rings (SSSR count). The van der Waals surface area contributed by atoms with Crippen molar-refractivity contribution in [2.75, 3.05) is 0 Å². The van der Waals surface area contributed by atoms with Crippen molar-refractivity contribution in [1.82, 2.24) is 0 Å². The fourth-order valence-corrected chi connectivity index (χ4v) is 2.42. The summed E-state index contributed by atoms with van der Waals surface area (Å²) < 4.78 is 0. The first-order valence-corrected chi connectivity index (χ1v) is 6.88. The molecule has 0 spiro atoms. The Balaban J connectivity index is 2.18. The fourth-order valence-electron chi connectivity index (χ4n) is 2.42. The third-order valence-corrected chi connectivity index (χ3v) is 3.73. The monoisotopic (exact) mass is 254 g/mol. The van der Waals surface area contributed by atoms with E-state index in [1.165, 1.54) is 16.7 Å². The zero-order valence-corrected chi connectivity index (χ0v) is 12.0. The number of aryl methyl sites for hydroxylation is 1. The standard InChI is InChI=1S/C18H22O/c1-4-14-5-9-16(10-6-14)18(2,3)13-15-7-11-17(19)12-8-15/h5-12,19H,4,13H2,1-3H3. The SMILES string of the molecule is CCc1ccc(C(C)(C)Cc2ccc(O)cc2)cc1. The van der Waals surface area contributed by atoms with Crippen LogP contribution in [-0.4, -0.2) is 5.11 Å². The van der Waals surface area contributed by atoms with E-state index in [9.17, 15) is 5.11 Å². The van der Waals surface area contributed by atoms with Crippen molar-refractivity contribution in [2.24, 2.45) is 0 Å². The van der Waals surface area contributed by atoms with Gasteiger partial charge >= 0.3 is 0 Å². The van der Waals surface area contributed by atoms with Gasteiger partial charge in [-0.15, -0.1) is 0 Å². The van der Waals surface area contributed by atoms with Crippen LogP contribution in [0.4, 0.5) is 0 Å². The Bertz CT molecular complexity index is 521. The predicted molar refractivity (Wildman–Crippen MR) is 80.7 cm³/mol. The van der Waals surface area contributed by atoms with Crippen molar-refractivity contribution in [2.45, 2.75) is 39.0 Å². The summed E-state index contributed by atoms with van der Waals surface area (Å²) in [5.41, 5.74) is 4.09. The van der Waals surface area contributed by atoms with Gasteiger partial charge in [0.1, 0.15) is 5.75 Å². The van der Waals surface area contributed by atoms with E-state index in [0.717, 1.165) is 12.8 Å². The highest BCUT2D eigenvalue weighted by atomic mass is 16.3. The molecular formula is C18H22O. The van der Waals surface area contributed by atoms with E-state index in [1.54, 1.807) is 12.1 Å². The van der Waals surface area contributed by atoms with Gasteiger partial charge in [0.25, 0.3) is 0 Å². The van der Waals surface area contributed by atoms with Gasteiger partial charge in [-0.3, -0.25) is 0 Å². The highest BCUT2D eigenvalue weighted by Crippen LogP contribution is 2.28. The molecule has 0 atom stereocenters. The molecule has 1 N–H and O–H groups in total. The molecule has 0 saturated heterocycles. The first kappa shape index (κ1) is 13.7. The molecule has 0 saturated carbocycles. The van der Waals surface area contributed by atoms with Gasteiger partial charge in [-0.1, -0.05) is 57.2 Å². The first-order valence-electron chi connectivity index (χ1n) is 6.88. The molecule has 0 aliphatic heterocycles. The molecule has 2 aromatic rings. The number of benzene rings is 2. The smallest absolute Gasteiger partial charge is 0.115 e. The van der Waals surface area contributed by atoms with Crippen LogP contribution in [0.1, 0.15) is 37.5 Å². The Morgan fingerprint density at radius 3 is 1.89 bits per heavy atom. The number of rotatable bonds is 4. The first-order chi connectivity index (χ1) is 9.01. The van der Waals surface area contributed by atoms with Crippen LogP contribution >= 0.6 is 0 Å². The highest BCUT2D eigenvalue weighted by molar-refractivity contribution is 5.32. The summed E-state index contributed by atoms with van der Waals surface area (Å²) in [7, 11) is 0. The van der Waals surface area contributed by atoms with Gasteiger partial charge in [-0.05, 0) is 47.1 Å². The van der Waals surface area contributed by atoms with Crippen LogP contribution in [0.2, 0.25) is 0 Å². The molecule has 0 fully saturated rings. The van der Waals surface area contributed by atoms with Crippen LogP contribution in [0.3, 0.4) is 0 Å². The number of aromatic hydroxyl groups is 1. The van der Waals surface area contributed by atoms with Gasteiger partial charge < -0.3 is 5.11 Å². The van der Waals surface area contributed by atoms with E-state index in [1.807, 2.05) is 12.1 Å². The second-order valence-corrected chi connectivity index (χ2v) is 5.78. The van der Waals surface area contributed by atoms with Crippen LogP contribution in [0.25, 0.3) is 0 Å². The quantitative estimate of drug-likeness (QED) is 0.853. The topological polar surface area (TPSA) is 20.2 Å². The number of phenolic OH excluding ortho intramolecular Hbond substituents is 1. The molecule has 0 bridgehead atoms. The zero-order chi connectivity index (χ0) is 13.9. The van der Waals surface area contributed by atoms with Crippen LogP contribution in [-0.2, 0) is 18.3 Å². The second-order valence-electron chi connectivity index (χ2n) is 5.78. The maximum atomic E-state index is 9.33. The molecule has 0 heterocycles. The molecule has 0 aliphatic rings. The minimum Gasteiger partial charge on any atom is -0.508 e. The lowest BCUT2D eigenvalue weighted by Crippen LogP contribution is -2.20. The van der Waals surface area contributed by atoms with Crippen LogP contribution in [0.5, 0.6) is 5.75 Å². The maximum absolute atomic E-state index is 9.33. The van der Waals surface area contributed by atoms with Crippen molar-refractivity contribution in [3.63, 3.8) is 0 Å². The van der Waals surface area contributed by atoms with Crippen molar-refractivity contribution < 1.29 is 5.11 Å². The molecule has 0 radical (unpaired) electrons. The van der Waals surface area contributed by atoms with E-state index < -0.39 is 0 Å². The number of hydrogen-bond acceptors (Lipinski definition) is 1. The van der Waals surface area contributed by atoms with Gasteiger partial charge in [0.2, 0.25) is 0 Å². The van der Waals surface area contributed by atoms with E-state index in [4.69, 9.17) is 0 Å². The van der Waals surface area contributed by atoms with E-state index in [-0.39, 0.29) is 5.41 Å². The van der Waals surface area contributed by atoms with Crippen molar-refractivity contribution in [3.05, 3.63) is 65.2 Å². The van der Waals surface area contributed by atoms with Crippen LogP contribution < -0.4 is 0 Å². The Labute approximate surface area is 115 Å². The summed E-state index contributed by atoms with van der Waals surface area (Å²) in [5.74, 6) is 0.328.